The van der Waals surface area contributed by atoms with Gasteiger partial charge in [-0.25, -0.2) is 0 Å². The Morgan fingerprint density at radius 1 is 0.966 bits per heavy atom. The van der Waals surface area contributed by atoms with Crippen molar-refractivity contribution in [3.05, 3.63) is 53.1 Å². The molecule has 0 bridgehead atoms. The Hall–Kier alpha value is -3.66. The van der Waals surface area contributed by atoms with Gasteiger partial charge in [0.25, 0.3) is 5.91 Å². The molecule has 0 spiro atoms. The number of carbonyl (C=O) groups is 1. The largest absolute Gasteiger partial charge is 0.496 e. The van der Waals surface area contributed by atoms with E-state index in [2.05, 4.69) is 5.32 Å². The molecular formula is C22H24N2O5. The summed E-state index contributed by atoms with van der Waals surface area (Å²) in [7, 11) is 6.17. The van der Waals surface area contributed by atoms with Crippen LogP contribution in [0.1, 0.15) is 11.1 Å². The highest BCUT2D eigenvalue weighted by Gasteiger charge is 2.14. The average Bonchev–Trinajstić information content (AvgIpc) is 2.76. The van der Waals surface area contributed by atoms with E-state index in [1.165, 1.54) is 20.3 Å². The summed E-state index contributed by atoms with van der Waals surface area (Å²) in [6.45, 7) is 0.358. The molecule has 0 aromatic heterocycles. The number of ether oxygens (including phenoxy) is 4. The Bertz CT molecular complexity index is 909. The lowest BCUT2D eigenvalue weighted by Crippen LogP contribution is -2.26. The zero-order chi connectivity index (χ0) is 21.2. The maximum absolute atomic E-state index is 12.5. The molecule has 0 saturated carbocycles. The molecule has 1 N–H and O–H groups in total. The fraction of sp³-hybridized carbons (Fsp3) is 0.273. The summed E-state index contributed by atoms with van der Waals surface area (Å²) in [5, 5.41) is 12.2. The molecule has 2 aromatic carbocycles. The lowest BCUT2D eigenvalue weighted by Gasteiger charge is -2.11. The fourth-order valence-corrected chi connectivity index (χ4v) is 2.77. The second-order valence-corrected chi connectivity index (χ2v) is 5.94. The normalized spacial score (nSPS) is 10.7. The molecule has 0 unspecified atom stereocenters. The Labute approximate surface area is 170 Å². The molecule has 0 aliphatic rings. The summed E-state index contributed by atoms with van der Waals surface area (Å²) >= 11 is 0. The molecule has 152 valence electrons. The highest BCUT2D eigenvalue weighted by Crippen LogP contribution is 2.30. The molecule has 7 heteroatoms. The van der Waals surface area contributed by atoms with Crippen molar-refractivity contribution in [3.8, 4) is 29.1 Å². The number of amides is 1. The van der Waals surface area contributed by atoms with Crippen LogP contribution < -0.4 is 24.3 Å². The van der Waals surface area contributed by atoms with Crippen LogP contribution in [0.5, 0.6) is 23.0 Å². The van der Waals surface area contributed by atoms with Gasteiger partial charge in [-0.1, -0.05) is 12.1 Å². The highest BCUT2D eigenvalue weighted by atomic mass is 16.5. The van der Waals surface area contributed by atoms with Crippen molar-refractivity contribution in [1.29, 1.82) is 5.26 Å². The van der Waals surface area contributed by atoms with Gasteiger partial charge < -0.3 is 24.3 Å². The zero-order valence-corrected chi connectivity index (χ0v) is 16.9. The number of nitrogens with one attached hydrogen (secondary N) is 1. The van der Waals surface area contributed by atoms with Gasteiger partial charge in [0.1, 0.15) is 23.1 Å². The van der Waals surface area contributed by atoms with E-state index >= 15 is 0 Å². The number of methoxy groups -OCH3 is 4. The third-order valence-corrected chi connectivity index (χ3v) is 4.27. The molecular weight excluding hydrogens is 372 g/mol. The van der Waals surface area contributed by atoms with Gasteiger partial charge in [0.2, 0.25) is 0 Å². The molecule has 2 aromatic rings. The summed E-state index contributed by atoms with van der Waals surface area (Å²) in [6, 6.07) is 12.7. The standard InChI is InChI=1S/C22H24N2O5/c1-26-18-6-5-7-19(27-2)17(18)13-16(14-23)22(25)24-11-10-15-8-9-20(28-3)21(12-15)29-4/h5-9,12-13H,10-11H2,1-4H3,(H,24,25)/b16-13+. The van der Waals surface area contributed by atoms with Crippen molar-refractivity contribution < 1.29 is 23.7 Å². The van der Waals surface area contributed by atoms with Crippen molar-refractivity contribution in [2.75, 3.05) is 35.0 Å². The smallest absolute Gasteiger partial charge is 0.261 e. The van der Waals surface area contributed by atoms with Gasteiger partial charge in [0.15, 0.2) is 11.5 Å². The predicted molar refractivity (Wildman–Crippen MR) is 109 cm³/mol. The maximum atomic E-state index is 12.5. The number of carbonyl (C=O) groups excluding carboxylic acids is 1. The first-order chi connectivity index (χ1) is 14.1. The van der Waals surface area contributed by atoms with Gasteiger partial charge in [-0.05, 0) is 42.3 Å². The van der Waals surface area contributed by atoms with Crippen molar-refractivity contribution in [3.63, 3.8) is 0 Å². The molecule has 0 atom stereocenters. The van der Waals surface area contributed by atoms with E-state index in [4.69, 9.17) is 18.9 Å². The van der Waals surface area contributed by atoms with Crippen LogP contribution in [0.25, 0.3) is 6.08 Å². The van der Waals surface area contributed by atoms with Gasteiger partial charge in [0, 0.05) is 6.54 Å². The predicted octanol–water partition coefficient (Wildman–Crippen LogP) is 2.99. The van der Waals surface area contributed by atoms with Crippen LogP contribution in [0.4, 0.5) is 0 Å². The first-order valence-electron chi connectivity index (χ1n) is 8.89. The third-order valence-electron chi connectivity index (χ3n) is 4.27. The summed E-state index contributed by atoms with van der Waals surface area (Å²) < 4.78 is 21.1. The minimum Gasteiger partial charge on any atom is -0.496 e. The molecule has 0 heterocycles. The summed E-state index contributed by atoms with van der Waals surface area (Å²) in [5.74, 6) is 1.81. The van der Waals surface area contributed by atoms with Crippen LogP contribution in [0.15, 0.2) is 42.0 Å². The van der Waals surface area contributed by atoms with Crippen LogP contribution in [0.2, 0.25) is 0 Å². The minimum absolute atomic E-state index is 0.0416. The molecule has 0 aliphatic heterocycles. The van der Waals surface area contributed by atoms with E-state index in [1.807, 2.05) is 24.3 Å². The van der Waals surface area contributed by atoms with E-state index < -0.39 is 5.91 Å². The third kappa shape index (κ3) is 5.42. The van der Waals surface area contributed by atoms with Crippen LogP contribution in [-0.2, 0) is 11.2 Å². The Morgan fingerprint density at radius 3 is 2.14 bits per heavy atom. The summed E-state index contributed by atoms with van der Waals surface area (Å²) in [6.07, 6.45) is 2.03. The van der Waals surface area contributed by atoms with Gasteiger partial charge in [-0.2, -0.15) is 5.26 Å². The number of rotatable bonds is 9. The van der Waals surface area contributed by atoms with E-state index in [1.54, 1.807) is 32.4 Å². The van der Waals surface area contributed by atoms with Crippen LogP contribution in [0.3, 0.4) is 0 Å². The molecule has 0 aliphatic carbocycles. The van der Waals surface area contributed by atoms with E-state index in [0.717, 1.165) is 5.56 Å². The Morgan fingerprint density at radius 2 is 1.59 bits per heavy atom. The molecule has 1 amide bonds. The number of hydrogen-bond acceptors (Lipinski definition) is 6. The van der Waals surface area contributed by atoms with Crippen molar-refractivity contribution in [1.82, 2.24) is 5.32 Å². The molecule has 7 nitrogen and oxygen atoms in total. The molecule has 2 rings (SSSR count). The van der Waals surface area contributed by atoms with Gasteiger partial charge >= 0.3 is 0 Å². The quantitative estimate of drug-likeness (QED) is 0.518. The lowest BCUT2D eigenvalue weighted by molar-refractivity contribution is -0.117. The summed E-state index contributed by atoms with van der Waals surface area (Å²) in [5.41, 5.74) is 1.46. The second kappa shape index (κ2) is 10.6. The van der Waals surface area contributed by atoms with E-state index in [9.17, 15) is 10.1 Å². The lowest BCUT2D eigenvalue weighted by atomic mass is 10.1. The van der Waals surface area contributed by atoms with Crippen molar-refractivity contribution >= 4 is 12.0 Å². The van der Waals surface area contributed by atoms with Crippen LogP contribution >= 0.6 is 0 Å². The summed E-state index contributed by atoms with van der Waals surface area (Å²) in [4.78, 5) is 12.5. The van der Waals surface area contributed by atoms with Crippen molar-refractivity contribution in [2.45, 2.75) is 6.42 Å². The van der Waals surface area contributed by atoms with Crippen LogP contribution in [0, 0.1) is 11.3 Å². The fourth-order valence-electron chi connectivity index (χ4n) is 2.77. The van der Waals surface area contributed by atoms with Crippen LogP contribution in [-0.4, -0.2) is 40.9 Å². The number of nitriles is 1. The second-order valence-electron chi connectivity index (χ2n) is 5.94. The first-order valence-corrected chi connectivity index (χ1v) is 8.89. The highest BCUT2D eigenvalue weighted by molar-refractivity contribution is 6.02. The minimum atomic E-state index is -0.471. The number of benzene rings is 2. The monoisotopic (exact) mass is 396 g/mol. The molecule has 0 fully saturated rings. The van der Waals surface area contributed by atoms with Gasteiger partial charge in [0.05, 0.1) is 34.0 Å². The molecule has 0 radical (unpaired) electrons. The van der Waals surface area contributed by atoms with Gasteiger partial charge in [-0.15, -0.1) is 0 Å². The Balaban J connectivity index is 2.10. The van der Waals surface area contributed by atoms with Crippen molar-refractivity contribution in [2.24, 2.45) is 0 Å². The Kier molecular flexibility index (Phi) is 7.92. The molecule has 29 heavy (non-hydrogen) atoms. The van der Waals surface area contributed by atoms with E-state index in [0.29, 0.717) is 41.5 Å². The average molecular weight is 396 g/mol. The number of hydrogen-bond donors (Lipinski definition) is 1. The molecule has 0 saturated heterocycles. The first kappa shape index (κ1) is 21.6. The topological polar surface area (TPSA) is 89.8 Å². The maximum Gasteiger partial charge on any atom is 0.261 e. The van der Waals surface area contributed by atoms with E-state index in [-0.39, 0.29) is 5.57 Å². The van der Waals surface area contributed by atoms with Gasteiger partial charge in [-0.3, -0.25) is 4.79 Å². The SMILES string of the molecule is COc1ccc(CCNC(=O)/C(C#N)=C/c2c(OC)cccc2OC)cc1OC. The zero-order valence-electron chi connectivity index (χ0n) is 16.9. The number of nitrogens with zero attached hydrogens (tertiary/aromatic N) is 1.